The smallest absolute Gasteiger partial charge is 0.236 e. The molecule has 1 aromatic rings. The number of halogens is 1. The molecule has 1 fully saturated rings. The van der Waals surface area contributed by atoms with E-state index in [2.05, 4.69) is 5.32 Å². The molecule has 0 radical (unpaired) electrons. The van der Waals surface area contributed by atoms with Crippen LogP contribution in [0.2, 0.25) is 5.02 Å². The summed E-state index contributed by atoms with van der Waals surface area (Å²) >= 11 is 6.13. The molecule has 1 N–H and O–H groups in total. The summed E-state index contributed by atoms with van der Waals surface area (Å²) < 4.78 is 5.66. The average Bonchev–Trinajstić information content (AvgIpc) is 2.96. The van der Waals surface area contributed by atoms with Crippen LogP contribution >= 0.6 is 11.6 Å². The summed E-state index contributed by atoms with van der Waals surface area (Å²) in [6.07, 6.45) is 4.40. The number of hydrogen-bond donors (Lipinski definition) is 1. The monoisotopic (exact) mass is 308 g/mol. The van der Waals surface area contributed by atoms with Crippen LogP contribution in [0.1, 0.15) is 30.4 Å². The highest BCUT2D eigenvalue weighted by Crippen LogP contribution is 2.32. The van der Waals surface area contributed by atoms with Crippen molar-refractivity contribution < 1.29 is 9.53 Å². The summed E-state index contributed by atoms with van der Waals surface area (Å²) in [5.41, 5.74) is 2.21. The fourth-order valence-corrected chi connectivity index (χ4v) is 3.30. The van der Waals surface area contributed by atoms with E-state index in [1.165, 1.54) is 12.0 Å². The first-order valence-corrected chi connectivity index (χ1v) is 8.04. The summed E-state index contributed by atoms with van der Waals surface area (Å²) in [4.78, 5) is 14.0. The number of carbonyl (C=O) groups is 1. The zero-order chi connectivity index (χ0) is 14.7. The second-order valence-corrected chi connectivity index (χ2v) is 6.13. The van der Waals surface area contributed by atoms with E-state index < -0.39 is 0 Å². The molecule has 4 nitrogen and oxygen atoms in total. The number of nitrogens with zero attached hydrogens (tertiary/aromatic N) is 1. The van der Waals surface area contributed by atoms with Gasteiger partial charge in [0.25, 0.3) is 0 Å². The molecular formula is C16H21ClN2O2. The quantitative estimate of drug-likeness (QED) is 0.928. The minimum absolute atomic E-state index is 0.189. The second kappa shape index (κ2) is 6.67. The molecule has 0 aliphatic carbocycles. The van der Waals surface area contributed by atoms with E-state index in [4.69, 9.17) is 16.3 Å². The number of fused-ring (bicyclic) bond motifs is 1. The number of rotatable bonds is 4. The Labute approximate surface area is 130 Å². The molecule has 0 unspecified atom stereocenters. The van der Waals surface area contributed by atoms with Gasteiger partial charge in [-0.25, -0.2) is 0 Å². The summed E-state index contributed by atoms with van der Waals surface area (Å²) in [7, 11) is 0. The van der Waals surface area contributed by atoms with E-state index in [9.17, 15) is 4.79 Å². The Morgan fingerprint density at radius 2 is 2.10 bits per heavy atom. The molecule has 2 aliphatic heterocycles. The molecule has 0 bridgehead atoms. The van der Waals surface area contributed by atoms with Crippen molar-refractivity contribution in [1.29, 1.82) is 0 Å². The van der Waals surface area contributed by atoms with Gasteiger partial charge in [-0.1, -0.05) is 11.6 Å². The SMILES string of the molecule is O=C(CNCc1cc(Cl)cc2c1OCC2)N1CCCCC1. The Morgan fingerprint density at radius 3 is 2.90 bits per heavy atom. The number of amides is 1. The Hall–Kier alpha value is -1.26. The van der Waals surface area contributed by atoms with Gasteiger partial charge in [0.05, 0.1) is 13.2 Å². The van der Waals surface area contributed by atoms with Crippen molar-refractivity contribution in [3.05, 3.63) is 28.3 Å². The Bertz CT molecular complexity index is 527. The van der Waals surface area contributed by atoms with Gasteiger partial charge in [0.1, 0.15) is 5.75 Å². The van der Waals surface area contributed by atoms with Crippen LogP contribution in [-0.4, -0.2) is 37.0 Å². The second-order valence-electron chi connectivity index (χ2n) is 5.70. The maximum atomic E-state index is 12.1. The third-order valence-corrected chi connectivity index (χ3v) is 4.34. The number of hydrogen-bond acceptors (Lipinski definition) is 3. The van der Waals surface area contributed by atoms with Crippen LogP contribution in [0, 0.1) is 0 Å². The van der Waals surface area contributed by atoms with Crippen molar-refractivity contribution in [2.24, 2.45) is 0 Å². The minimum atomic E-state index is 0.189. The first kappa shape index (κ1) is 14.7. The largest absolute Gasteiger partial charge is 0.493 e. The fraction of sp³-hybridized carbons (Fsp3) is 0.562. The van der Waals surface area contributed by atoms with Crippen LogP contribution in [0.4, 0.5) is 0 Å². The Balaban J connectivity index is 1.55. The van der Waals surface area contributed by atoms with Gasteiger partial charge in [0, 0.05) is 36.6 Å². The van der Waals surface area contributed by atoms with Crippen LogP contribution in [0.5, 0.6) is 5.75 Å². The van der Waals surface area contributed by atoms with Gasteiger partial charge in [0.15, 0.2) is 0 Å². The van der Waals surface area contributed by atoms with Crippen LogP contribution < -0.4 is 10.1 Å². The van der Waals surface area contributed by atoms with E-state index in [0.717, 1.165) is 55.3 Å². The van der Waals surface area contributed by atoms with Crippen LogP contribution in [0.15, 0.2) is 12.1 Å². The van der Waals surface area contributed by atoms with Crippen LogP contribution in [-0.2, 0) is 17.8 Å². The van der Waals surface area contributed by atoms with E-state index in [1.807, 2.05) is 17.0 Å². The maximum Gasteiger partial charge on any atom is 0.236 e. The lowest BCUT2D eigenvalue weighted by atomic mass is 10.1. The lowest BCUT2D eigenvalue weighted by Crippen LogP contribution is -2.40. The molecule has 21 heavy (non-hydrogen) atoms. The lowest BCUT2D eigenvalue weighted by molar-refractivity contribution is -0.131. The molecule has 2 aliphatic rings. The standard InChI is InChI=1S/C16H21ClN2O2/c17-14-8-12-4-7-21-16(12)13(9-14)10-18-11-15(20)19-5-2-1-3-6-19/h8-9,18H,1-7,10-11H2. The predicted molar refractivity (Wildman–Crippen MR) is 82.8 cm³/mol. The van der Waals surface area contributed by atoms with Crippen LogP contribution in [0.25, 0.3) is 0 Å². The van der Waals surface area contributed by atoms with E-state index in [1.54, 1.807) is 0 Å². The van der Waals surface area contributed by atoms with Crippen molar-refractivity contribution in [3.8, 4) is 5.75 Å². The number of nitrogens with one attached hydrogen (secondary N) is 1. The molecule has 0 atom stereocenters. The molecule has 3 rings (SSSR count). The highest BCUT2D eigenvalue weighted by molar-refractivity contribution is 6.30. The van der Waals surface area contributed by atoms with Gasteiger partial charge in [-0.15, -0.1) is 0 Å². The summed E-state index contributed by atoms with van der Waals surface area (Å²) in [6, 6.07) is 3.89. The summed E-state index contributed by atoms with van der Waals surface area (Å²) in [6.45, 7) is 3.51. The fourth-order valence-electron chi connectivity index (χ4n) is 3.04. The van der Waals surface area contributed by atoms with Gasteiger partial charge >= 0.3 is 0 Å². The third kappa shape index (κ3) is 3.50. The van der Waals surface area contributed by atoms with Crippen molar-refractivity contribution >= 4 is 17.5 Å². The number of carbonyl (C=O) groups excluding carboxylic acids is 1. The zero-order valence-corrected chi connectivity index (χ0v) is 12.9. The number of piperidine rings is 1. The Kier molecular flexibility index (Phi) is 4.66. The van der Waals surface area contributed by atoms with Gasteiger partial charge < -0.3 is 15.0 Å². The lowest BCUT2D eigenvalue weighted by Gasteiger charge is -2.26. The molecule has 0 aromatic heterocycles. The zero-order valence-electron chi connectivity index (χ0n) is 12.2. The summed E-state index contributed by atoms with van der Waals surface area (Å²) in [5, 5.41) is 3.96. The van der Waals surface area contributed by atoms with Crippen molar-refractivity contribution in [2.45, 2.75) is 32.2 Å². The third-order valence-electron chi connectivity index (χ3n) is 4.13. The van der Waals surface area contributed by atoms with Crippen molar-refractivity contribution in [3.63, 3.8) is 0 Å². The Morgan fingerprint density at radius 1 is 1.29 bits per heavy atom. The molecule has 5 heteroatoms. The normalized spacial score (nSPS) is 17.5. The topological polar surface area (TPSA) is 41.6 Å². The molecule has 1 saturated heterocycles. The van der Waals surface area contributed by atoms with E-state index >= 15 is 0 Å². The number of benzene rings is 1. The highest BCUT2D eigenvalue weighted by Gasteiger charge is 2.19. The number of likely N-dealkylation sites (tertiary alicyclic amines) is 1. The molecule has 0 spiro atoms. The highest BCUT2D eigenvalue weighted by atomic mass is 35.5. The van der Waals surface area contributed by atoms with Crippen molar-refractivity contribution in [2.75, 3.05) is 26.2 Å². The number of ether oxygens (including phenoxy) is 1. The maximum absolute atomic E-state index is 12.1. The van der Waals surface area contributed by atoms with E-state index in [0.29, 0.717) is 13.1 Å². The molecule has 1 aromatic carbocycles. The van der Waals surface area contributed by atoms with Crippen LogP contribution in [0.3, 0.4) is 0 Å². The predicted octanol–water partition coefficient (Wildman–Crippen LogP) is 2.38. The molecule has 114 valence electrons. The summed E-state index contributed by atoms with van der Waals surface area (Å²) in [5.74, 6) is 1.13. The molecule has 1 amide bonds. The molecule has 2 heterocycles. The average molecular weight is 309 g/mol. The van der Waals surface area contributed by atoms with Gasteiger partial charge in [-0.3, -0.25) is 4.79 Å². The first-order chi connectivity index (χ1) is 10.2. The minimum Gasteiger partial charge on any atom is -0.493 e. The molecular weight excluding hydrogens is 288 g/mol. The van der Waals surface area contributed by atoms with Gasteiger partial charge in [0.2, 0.25) is 5.91 Å². The first-order valence-electron chi connectivity index (χ1n) is 7.66. The van der Waals surface area contributed by atoms with Gasteiger partial charge in [-0.2, -0.15) is 0 Å². The van der Waals surface area contributed by atoms with Crippen molar-refractivity contribution in [1.82, 2.24) is 10.2 Å². The molecule has 0 saturated carbocycles. The van der Waals surface area contributed by atoms with Gasteiger partial charge in [-0.05, 0) is 37.0 Å². The van der Waals surface area contributed by atoms with E-state index in [-0.39, 0.29) is 5.91 Å².